The molecule has 5 nitrogen and oxygen atoms in total. The summed E-state index contributed by atoms with van der Waals surface area (Å²) >= 11 is 0. The van der Waals surface area contributed by atoms with E-state index >= 15 is 0 Å². The molecule has 0 aromatic heterocycles. The Hall–Kier alpha value is -1.10. The molecule has 3 amide bonds. The van der Waals surface area contributed by atoms with Gasteiger partial charge in [-0.05, 0) is 13.8 Å². The summed E-state index contributed by atoms with van der Waals surface area (Å²) in [6.45, 7) is 3.28. The van der Waals surface area contributed by atoms with E-state index in [0.29, 0.717) is 0 Å². The van der Waals surface area contributed by atoms with Crippen molar-refractivity contribution in [2.24, 2.45) is 0 Å². The molecular formula is C8H14N2O3. The largest absolute Gasteiger partial charge is 0.389 e. The molecule has 1 heterocycles. The molecule has 13 heavy (non-hydrogen) atoms. The first-order chi connectivity index (χ1) is 5.81. The second-order valence-corrected chi connectivity index (χ2v) is 3.93. The normalized spacial score (nSPS) is 18.8. The summed E-state index contributed by atoms with van der Waals surface area (Å²) in [5.41, 5.74) is -1.03. The Morgan fingerprint density at radius 3 is 2.31 bits per heavy atom. The van der Waals surface area contributed by atoms with Crippen molar-refractivity contribution in [3.8, 4) is 0 Å². The maximum Gasteiger partial charge on any atom is 0.327 e. The van der Waals surface area contributed by atoms with E-state index in [1.165, 1.54) is 4.90 Å². The fraction of sp³-hybridized carbons (Fsp3) is 0.750. The third kappa shape index (κ3) is 2.18. The van der Waals surface area contributed by atoms with Crippen molar-refractivity contribution in [1.29, 1.82) is 0 Å². The molecule has 0 unspecified atom stereocenters. The first-order valence-corrected chi connectivity index (χ1v) is 4.09. The molecular weight excluding hydrogens is 172 g/mol. The van der Waals surface area contributed by atoms with Crippen LogP contribution in [0.2, 0.25) is 0 Å². The fourth-order valence-corrected chi connectivity index (χ4v) is 1.21. The van der Waals surface area contributed by atoms with Gasteiger partial charge in [0.1, 0.15) is 6.54 Å². The Labute approximate surface area is 76.9 Å². The summed E-state index contributed by atoms with van der Waals surface area (Å²) in [4.78, 5) is 24.9. The van der Waals surface area contributed by atoms with Crippen molar-refractivity contribution in [2.75, 3.05) is 20.1 Å². The number of hydrogen-bond acceptors (Lipinski definition) is 3. The van der Waals surface area contributed by atoms with Crippen molar-refractivity contribution < 1.29 is 14.7 Å². The van der Waals surface area contributed by atoms with Crippen molar-refractivity contribution in [1.82, 2.24) is 9.80 Å². The highest BCUT2D eigenvalue weighted by atomic mass is 16.3. The number of rotatable bonds is 2. The lowest BCUT2D eigenvalue weighted by atomic mass is 10.1. The van der Waals surface area contributed by atoms with Gasteiger partial charge in [-0.3, -0.25) is 9.69 Å². The average Bonchev–Trinajstić information content (AvgIpc) is 2.14. The zero-order valence-electron chi connectivity index (χ0n) is 8.07. The highest BCUT2D eigenvalue weighted by Crippen LogP contribution is 2.12. The Morgan fingerprint density at radius 2 is 2.00 bits per heavy atom. The fourth-order valence-electron chi connectivity index (χ4n) is 1.21. The second kappa shape index (κ2) is 2.99. The van der Waals surface area contributed by atoms with Crippen LogP contribution in [-0.2, 0) is 4.79 Å². The van der Waals surface area contributed by atoms with E-state index in [9.17, 15) is 14.7 Å². The van der Waals surface area contributed by atoms with Gasteiger partial charge in [-0.25, -0.2) is 4.79 Å². The van der Waals surface area contributed by atoms with Gasteiger partial charge in [-0.15, -0.1) is 0 Å². The van der Waals surface area contributed by atoms with Crippen LogP contribution in [0.1, 0.15) is 13.8 Å². The number of carbonyl (C=O) groups excluding carboxylic acids is 2. The molecule has 0 aliphatic carbocycles. The summed E-state index contributed by atoms with van der Waals surface area (Å²) in [6, 6.07) is -0.341. The van der Waals surface area contributed by atoms with Crippen LogP contribution in [-0.4, -0.2) is 52.6 Å². The van der Waals surface area contributed by atoms with Gasteiger partial charge in [0.05, 0.1) is 12.1 Å². The standard InChI is InChI=1S/C8H14N2O3/c1-8(2,13)5-10-6(11)4-9(3)7(10)12/h13H,4-5H2,1-3H3. The van der Waals surface area contributed by atoms with E-state index in [1.807, 2.05) is 0 Å². The Balaban J connectivity index is 2.70. The molecule has 1 saturated heterocycles. The van der Waals surface area contributed by atoms with E-state index in [4.69, 9.17) is 0 Å². The molecule has 0 bridgehead atoms. The number of amides is 3. The molecule has 74 valence electrons. The number of β-amino-alcohol motifs (C(OH)–C–C–N with tert-alkyl or cyclic N) is 1. The van der Waals surface area contributed by atoms with Gasteiger partial charge in [-0.2, -0.15) is 0 Å². The maximum absolute atomic E-state index is 11.3. The van der Waals surface area contributed by atoms with E-state index in [1.54, 1.807) is 20.9 Å². The minimum Gasteiger partial charge on any atom is -0.389 e. The minimum atomic E-state index is -1.03. The quantitative estimate of drug-likeness (QED) is 0.600. The van der Waals surface area contributed by atoms with E-state index in [-0.39, 0.29) is 25.0 Å². The Morgan fingerprint density at radius 1 is 1.46 bits per heavy atom. The summed E-state index contributed by atoms with van der Waals surface area (Å²) in [7, 11) is 1.56. The van der Waals surface area contributed by atoms with Gasteiger partial charge in [0.15, 0.2) is 0 Å². The molecule has 0 aromatic rings. The zero-order chi connectivity index (χ0) is 10.2. The van der Waals surface area contributed by atoms with Crippen LogP contribution < -0.4 is 0 Å². The van der Waals surface area contributed by atoms with E-state index < -0.39 is 5.60 Å². The lowest BCUT2D eigenvalue weighted by Gasteiger charge is -2.23. The first-order valence-electron chi connectivity index (χ1n) is 4.09. The second-order valence-electron chi connectivity index (χ2n) is 3.93. The van der Waals surface area contributed by atoms with Crippen molar-refractivity contribution in [3.05, 3.63) is 0 Å². The van der Waals surface area contributed by atoms with Crippen LogP contribution >= 0.6 is 0 Å². The average molecular weight is 186 g/mol. The van der Waals surface area contributed by atoms with Gasteiger partial charge in [0.25, 0.3) is 0 Å². The van der Waals surface area contributed by atoms with Gasteiger partial charge < -0.3 is 10.0 Å². The molecule has 1 rings (SSSR count). The number of carbonyl (C=O) groups is 2. The van der Waals surface area contributed by atoms with Crippen LogP contribution in [0.25, 0.3) is 0 Å². The third-order valence-corrected chi connectivity index (χ3v) is 1.78. The Kier molecular flexibility index (Phi) is 2.30. The van der Waals surface area contributed by atoms with Crippen LogP contribution in [0.15, 0.2) is 0 Å². The van der Waals surface area contributed by atoms with Crippen LogP contribution in [0, 0.1) is 0 Å². The summed E-state index contributed by atoms with van der Waals surface area (Å²) in [5, 5.41) is 9.44. The molecule has 1 aliphatic heterocycles. The number of nitrogens with zero attached hydrogens (tertiary/aromatic N) is 2. The molecule has 0 saturated carbocycles. The third-order valence-electron chi connectivity index (χ3n) is 1.78. The molecule has 1 aliphatic rings. The maximum atomic E-state index is 11.3. The Bertz CT molecular complexity index is 244. The monoisotopic (exact) mass is 186 g/mol. The van der Waals surface area contributed by atoms with Crippen LogP contribution in [0.5, 0.6) is 0 Å². The molecule has 0 spiro atoms. The van der Waals surface area contributed by atoms with Gasteiger partial charge in [-0.1, -0.05) is 0 Å². The minimum absolute atomic E-state index is 0.0506. The molecule has 1 N–H and O–H groups in total. The molecule has 1 fully saturated rings. The number of likely N-dealkylation sites (N-methyl/N-ethyl adjacent to an activating group) is 1. The highest BCUT2D eigenvalue weighted by molar-refractivity contribution is 6.01. The summed E-state index contributed by atoms with van der Waals surface area (Å²) in [5.74, 6) is -0.255. The molecule has 0 aromatic carbocycles. The SMILES string of the molecule is CN1CC(=O)N(CC(C)(C)O)C1=O. The van der Waals surface area contributed by atoms with Crippen molar-refractivity contribution >= 4 is 11.9 Å². The van der Waals surface area contributed by atoms with Gasteiger partial charge >= 0.3 is 6.03 Å². The lowest BCUT2D eigenvalue weighted by molar-refractivity contribution is -0.127. The zero-order valence-corrected chi connectivity index (χ0v) is 8.07. The smallest absolute Gasteiger partial charge is 0.327 e. The van der Waals surface area contributed by atoms with Crippen LogP contribution in [0.3, 0.4) is 0 Å². The summed E-state index contributed by atoms with van der Waals surface area (Å²) < 4.78 is 0. The van der Waals surface area contributed by atoms with Crippen molar-refractivity contribution in [2.45, 2.75) is 19.4 Å². The van der Waals surface area contributed by atoms with E-state index in [2.05, 4.69) is 0 Å². The molecule has 0 atom stereocenters. The molecule has 0 radical (unpaired) electrons. The number of aliphatic hydroxyl groups is 1. The predicted molar refractivity (Wildman–Crippen MR) is 46.0 cm³/mol. The van der Waals surface area contributed by atoms with Gasteiger partial charge in [0.2, 0.25) is 5.91 Å². The number of imide groups is 1. The van der Waals surface area contributed by atoms with Gasteiger partial charge in [0, 0.05) is 7.05 Å². The number of hydrogen-bond donors (Lipinski definition) is 1. The molecule has 5 heteroatoms. The first kappa shape index (κ1) is 9.98. The lowest BCUT2D eigenvalue weighted by Crippen LogP contribution is -2.42. The summed E-state index contributed by atoms with van der Waals surface area (Å²) in [6.07, 6.45) is 0. The van der Waals surface area contributed by atoms with E-state index in [0.717, 1.165) is 4.90 Å². The predicted octanol–water partition coefficient (Wildman–Crippen LogP) is -0.349. The van der Waals surface area contributed by atoms with Crippen molar-refractivity contribution in [3.63, 3.8) is 0 Å². The number of urea groups is 1. The van der Waals surface area contributed by atoms with Crippen LogP contribution in [0.4, 0.5) is 4.79 Å². The highest BCUT2D eigenvalue weighted by Gasteiger charge is 2.36. The topological polar surface area (TPSA) is 60.9 Å².